The van der Waals surface area contributed by atoms with E-state index in [2.05, 4.69) is 13.8 Å². The minimum atomic E-state index is -2.49. The number of Topliss-reactive ketones (excluding diaryl/α,β-unsaturated/α-hetero) is 2. The molecule has 0 spiro atoms. The van der Waals surface area contributed by atoms with Gasteiger partial charge in [0.2, 0.25) is 11.4 Å². The molecule has 13 heteroatoms. The highest BCUT2D eigenvalue weighted by atomic mass is 16.6. The SMILES string of the molecule is CCOC1C(C)CC[C@@]2(OCC)C13OC(=O)C[C@]2(C)C1(O)C(=O)C(O)=C(C)C13O.CCOC1C(C)CC[C@@]2(OCC)C13OC(=O)C[C@]2(C)[C@@H]1CC(=O)C(C)=C13. The third kappa shape index (κ3) is 4.11. The average molecular weight is 773 g/mol. The Morgan fingerprint density at radius 3 is 1.89 bits per heavy atom. The summed E-state index contributed by atoms with van der Waals surface area (Å²) in [4.78, 5) is 51.5. The Balaban J connectivity index is 0.000000170. The molecule has 0 amide bonds. The Labute approximate surface area is 323 Å². The third-order valence-electron chi connectivity index (χ3n) is 15.8. The molecular weight excluding hydrogens is 712 g/mol. The molecule has 13 nitrogen and oxygen atoms in total. The van der Waals surface area contributed by atoms with Crippen molar-refractivity contribution in [2.75, 3.05) is 26.4 Å². The Morgan fingerprint density at radius 1 is 0.745 bits per heavy atom. The van der Waals surface area contributed by atoms with Gasteiger partial charge in [-0.05, 0) is 90.2 Å². The molecule has 2 saturated heterocycles. The molecule has 6 fully saturated rings. The largest absolute Gasteiger partial charge is 0.504 e. The van der Waals surface area contributed by atoms with E-state index in [0.717, 1.165) is 24.0 Å². The number of ether oxygens (including phenoxy) is 6. The highest BCUT2D eigenvalue weighted by Crippen LogP contribution is 2.78. The quantitative estimate of drug-likeness (QED) is 0.296. The van der Waals surface area contributed by atoms with Crippen LogP contribution in [0.15, 0.2) is 22.5 Å². The zero-order chi connectivity index (χ0) is 40.5. The van der Waals surface area contributed by atoms with Crippen molar-refractivity contribution in [1.82, 2.24) is 0 Å². The Bertz CT molecular complexity index is 1770. The lowest BCUT2D eigenvalue weighted by Gasteiger charge is -2.62. The highest BCUT2D eigenvalue weighted by molar-refractivity contribution is 6.08. The lowest BCUT2D eigenvalue weighted by Crippen LogP contribution is -2.78. The van der Waals surface area contributed by atoms with Crippen molar-refractivity contribution in [3.8, 4) is 0 Å². The van der Waals surface area contributed by atoms with E-state index >= 15 is 0 Å². The molecule has 306 valence electrons. The summed E-state index contributed by atoms with van der Waals surface area (Å²) in [5.74, 6) is -2.29. The normalized spacial score (nSPS) is 49.2. The smallest absolute Gasteiger partial charge is 0.307 e. The van der Waals surface area contributed by atoms with Gasteiger partial charge in [0.05, 0.1) is 18.3 Å². The molecule has 3 N–H and O–H groups in total. The first kappa shape index (κ1) is 40.5. The highest BCUT2D eigenvalue weighted by Gasteiger charge is 2.97. The molecule has 13 atom stereocenters. The van der Waals surface area contributed by atoms with Crippen molar-refractivity contribution < 1.29 is 62.9 Å². The van der Waals surface area contributed by atoms with Crippen LogP contribution in [0.4, 0.5) is 0 Å². The van der Waals surface area contributed by atoms with Gasteiger partial charge in [-0.1, -0.05) is 27.7 Å². The molecule has 8 aliphatic rings. The number of carbonyl (C=O) groups is 4. The van der Waals surface area contributed by atoms with E-state index in [9.17, 15) is 34.5 Å². The number of carbonyl (C=O) groups excluding carboxylic acids is 4. The van der Waals surface area contributed by atoms with Gasteiger partial charge in [-0.3, -0.25) is 19.2 Å². The molecule has 2 heterocycles. The summed E-state index contributed by atoms with van der Waals surface area (Å²) in [6.07, 6.45) is 2.10. The van der Waals surface area contributed by atoms with E-state index in [1.54, 1.807) is 20.8 Å². The first-order valence-corrected chi connectivity index (χ1v) is 20.3. The minimum absolute atomic E-state index is 0.00116. The summed E-state index contributed by atoms with van der Waals surface area (Å²) in [6.45, 7) is 20.2. The topological polar surface area (TPSA) is 184 Å². The van der Waals surface area contributed by atoms with E-state index in [4.69, 9.17) is 28.4 Å². The van der Waals surface area contributed by atoms with Crippen LogP contribution in [0.5, 0.6) is 0 Å². The number of fused-ring (bicyclic) bond motifs is 4. The summed E-state index contributed by atoms with van der Waals surface area (Å²) in [6, 6.07) is 0. The maximum atomic E-state index is 13.2. The Kier molecular flexibility index (Phi) is 9.32. The second-order valence-corrected chi connectivity index (χ2v) is 17.8. The monoisotopic (exact) mass is 772 g/mol. The number of esters is 2. The van der Waals surface area contributed by atoms with Crippen LogP contribution in [-0.4, -0.2) is 111 Å². The zero-order valence-corrected chi connectivity index (χ0v) is 34.1. The molecular formula is C42H60O13. The standard InChI is InChI=1S/C21H30O8.C21H30O5/c1-6-27-16-11(3)8-9-18(28-7-2)17(5)10-13(22)29-21(16,18)19(25)12(4)14(23)15(24)20(17,19)26;1-6-24-18-12(3)8-9-20(25-7-2)19(5)11-16(23)26-21(18,20)17-13(4)15(22)10-14(17)19/h11,16,23,25-26H,6-10H2,1-5H3;12,14,18H,6-11H2,1-5H3/t11?,16?,17-,18-,19?,20?,21?;12?,14-,18?,19-,20+,21?/m01/s1. The molecule has 0 aromatic heterocycles. The minimum Gasteiger partial charge on any atom is -0.504 e. The summed E-state index contributed by atoms with van der Waals surface area (Å²) in [5.41, 5.74) is -10.0. The zero-order valence-electron chi connectivity index (χ0n) is 34.1. The number of hydrogen-bond acceptors (Lipinski definition) is 13. The predicted octanol–water partition coefficient (Wildman–Crippen LogP) is 4.39. The molecule has 8 unspecified atom stereocenters. The molecule has 6 aliphatic carbocycles. The van der Waals surface area contributed by atoms with Gasteiger partial charge in [-0.15, -0.1) is 0 Å². The van der Waals surface area contributed by atoms with Gasteiger partial charge in [-0.25, -0.2) is 0 Å². The number of aliphatic hydroxyl groups excluding tert-OH is 1. The number of ketones is 2. The van der Waals surface area contributed by atoms with Crippen LogP contribution >= 0.6 is 0 Å². The first-order valence-electron chi connectivity index (χ1n) is 20.3. The fraction of sp³-hybridized carbons (Fsp3) is 0.810. The lowest BCUT2D eigenvalue weighted by molar-refractivity contribution is -0.325. The molecule has 4 saturated carbocycles. The van der Waals surface area contributed by atoms with Crippen LogP contribution in [0.1, 0.15) is 114 Å². The molecule has 8 rings (SSSR count). The molecule has 0 aromatic rings. The molecule has 0 radical (unpaired) electrons. The van der Waals surface area contributed by atoms with Gasteiger partial charge in [0.1, 0.15) is 23.4 Å². The first-order chi connectivity index (χ1) is 25.8. The summed E-state index contributed by atoms with van der Waals surface area (Å²) in [5, 5.41) is 34.7. The van der Waals surface area contributed by atoms with Crippen molar-refractivity contribution in [1.29, 1.82) is 0 Å². The van der Waals surface area contributed by atoms with Crippen LogP contribution in [0.3, 0.4) is 0 Å². The Morgan fingerprint density at radius 2 is 1.29 bits per heavy atom. The van der Waals surface area contributed by atoms with Crippen molar-refractivity contribution in [3.63, 3.8) is 0 Å². The van der Waals surface area contributed by atoms with E-state index in [1.807, 2.05) is 27.7 Å². The van der Waals surface area contributed by atoms with E-state index in [-0.39, 0.29) is 60.8 Å². The van der Waals surface area contributed by atoms with Crippen molar-refractivity contribution in [3.05, 3.63) is 22.5 Å². The van der Waals surface area contributed by atoms with E-state index in [1.165, 1.54) is 6.92 Å². The third-order valence-corrected chi connectivity index (χ3v) is 15.8. The lowest BCUT2D eigenvalue weighted by atomic mass is 9.55. The molecule has 2 aliphatic heterocycles. The van der Waals surface area contributed by atoms with Crippen LogP contribution in [0.25, 0.3) is 0 Å². The molecule has 0 aromatic carbocycles. The molecule has 4 bridgehead atoms. The van der Waals surface area contributed by atoms with Gasteiger partial charge in [-0.2, -0.15) is 0 Å². The van der Waals surface area contributed by atoms with E-state index < -0.39 is 68.1 Å². The number of rotatable bonds is 8. The van der Waals surface area contributed by atoms with Gasteiger partial charge >= 0.3 is 11.9 Å². The maximum Gasteiger partial charge on any atom is 0.307 e. The second-order valence-electron chi connectivity index (χ2n) is 17.8. The number of allylic oxidation sites excluding steroid dienone is 1. The molecule has 55 heavy (non-hydrogen) atoms. The fourth-order valence-corrected chi connectivity index (χ4v) is 13.8. The van der Waals surface area contributed by atoms with Gasteiger partial charge in [0.15, 0.2) is 28.3 Å². The summed E-state index contributed by atoms with van der Waals surface area (Å²) < 4.78 is 37.4. The Hall–Kier alpha value is -2.68. The van der Waals surface area contributed by atoms with Gasteiger partial charge in [0, 0.05) is 49.8 Å². The van der Waals surface area contributed by atoms with E-state index in [0.29, 0.717) is 38.9 Å². The van der Waals surface area contributed by atoms with Gasteiger partial charge in [0.25, 0.3) is 0 Å². The van der Waals surface area contributed by atoms with Crippen molar-refractivity contribution in [2.45, 2.75) is 160 Å². The summed E-state index contributed by atoms with van der Waals surface area (Å²) in [7, 11) is 0. The maximum absolute atomic E-state index is 13.2. The van der Waals surface area contributed by atoms with Crippen molar-refractivity contribution in [2.24, 2.45) is 28.6 Å². The second kappa shape index (κ2) is 12.7. The van der Waals surface area contributed by atoms with Crippen molar-refractivity contribution >= 4 is 23.5 Å². The average Bonchev–Trinajstić information content (AvgIpc) is 3.55. The van der Waals surface area contributed by atoms with Gasteiger partial charge < -0.3 is 43.7 Å². The van der Waals surface area contributed by atoms with Crippen LogP contribution in [0.2, 0.25) is 0 Å². The van der Waals surface area contributed by atoms with Crippen LogP contribution in [0, 0.1) is 28.6 Å². The predicted molar refractivity (Wildman–Crippen MR) is 195 cm³/mol. The van der Waals surface area contributed by atoms with Crippen LogP contribution < -0.4 is 0 Å². The number of hydrogen-bond donors (Lipinski definition) is 3. The number of aliphatic hydroxyl groups is 3. The summed E-state index contributed by atoms with van der Waals surface area (Å²) >= 11 is 0. The fourth-order valence-electron chi connectivity index (χ4n) is 13.8. The van der Waals surface area contributed by atoms with Crippen LogP contribution in [-0.2, 0) is 47.6 Å².